The maximum absolute atomic E-state index is 11.7. The van der Waals surface area contributed by atoms with Gasteiger partial charge in [0.05, 0.1) is 11.4 Å². The highest BCUT2D eigenvalue weighted by atomic mass is 16.3. The molecule has 0 aromatic carbocycles. The van der Waals surface area contributed by atoms with Crippen LogP contribution in [0, 0.1) is 5.92 Å². The molecule has 94 valence electrons. The van der Waals surface area contributed by atoms with Gasteiger partial charge in [-0.2, -0.15) is 4.98 Å². The van der Waals surface area contributed by atoms with E-state index in [1.165, 1.54) is 0 Å². The number of aliphatic hydroxyl groups excluding tert-OH is 1. The molecule has 0 saturated heterocycles. The van der Waals surface area contributed by atoms with E-state index in [1.807, 2.05) is 22.9 Å². The molecule has 2 heterocycles. The average Bonchev–Trinajstić information content (AvgIpc) is 2.93. The van der Waals surface area contributed by atoms with Crippen molar-refractivity contribution in [3.05, 3.63) is 34.8 Å². The van der Waals surface area contributed by atoms with Crippen molar-refractivity contribution in [3.8, 4) is 0 Å². The van der Waals surface area contributed by atoms with Crippen LogP contribution in [0.3, 0.4) is 0 Å². The van der Waals surface area contributed by atoms with E-state index in [2.05, 4.69) is 9.97 Å². The van der Waals surface area contributed by atoms with Crippen molar-refractivity contribution in [2.75, 3.05) is 12.3 Å². The SMILES string of the molecule is Nc1nc2c(ccn2[C@H]2C=C[C@@H](CO)C2)c(=O)[nH]1. The van der Waals surface area contributed by atoms with Gasteiger partial charge in [0, 0.05) is 18.7 Å². The summed E-state index contributed by atoms with van der Waals surface area (Å²) in [6, 6.07) is 1.86. The van der Waals surface area contributed by atoms with E-state index in [1.54, 1.807) is 6.07 Å². The van der Waals surface area contributed by atoms with Crippen molar-refractivity contribution in [1.29, 1.82) is 0 Å². The van der Waals surface area contributed by atoms with Gasteiger partial charge < -0.3 is 15.4 Å². The van der Waals surface area contributed by atoms with Crippen molar-refractivity contribution in [2.45, 2.75) is 12.5 Å². The lowest BCUT2D eigenvalue weighted by molar-refractivity contribution is 0.244. The fourth-order valence-corrected chi connectivity index (χ4v) is 2.42. The van der Waals surface area contributed by atoms with Crippen LogP contribution in [0.4, 0.5) is 5.95 Å². The number of allylic oxidation sites excluding steroid dienone is 1. The lowest BCUT2D eigenvalue weighted by atomic mass is 10.1. The normalized spacial score (nSPS) is 22.9. The van der Waals surface area contributed by atoms with E-state index in [4.69, 9.17) is 10.8 Å². The first-order chi connectivity index (χ1) is 8.69. The van der Waals surface area contributed by atoms with Crippen LogP contribution >= 0.6 is 0 Å². The number of fused-ring (bicyclic) bond motifs is 1. The summed E-state index contributed by atoms with van der Waals surface area (Å²) in [5, 5.41) is 9.66. The van der Waals surface area contributed by atoms with Crippen molar-refractivity contribution in [3.63, 3.8) is 0 Å². The lowest BCUT2D eigenvalue weighted by Crippen LogP contribution is -2.13. The highest BCUT2D eigenvalue weighted by Crippen LogP contribution is 2.29. The van der Waals surface area contributed by atoms with E-state index in [-0.39, 0.29) is 30.1 Å². The minimum Gasteiger partial charge on any atom is -0.396 e. The van der Waals surface area contributed by atoms with Gasteiger partial charge in [-0.05, 0) is 12.5 Å². The predicted octanol–water partition coefficient (Wildman–Crippen LogP) is 0.416. The molecule has 0 fully saturated rings. The van der Waals surface area contributed by atoms with E-state index in [0.29, 0.717) is 11.0 Å². The van der Waals surface area contributed by atoms with Gasteiger partial charge in [-0.15, -0.1) is 0 Å². The van der Waals surface area contributed by atoms with Crippen molar-refractivity contribution in [1.82, 2.24) is 14.5 Å². The van der Waals surface area contributed by atoms with Gasteiger partial charge in [-0.1, -0.05) is 12.2 Å². The summed E-state index contributed by atoms with van der Waals surface area (Å²) in [7, 11) is 0. The van der Waals surface area contributed by atoms with E-state index < -0.39 is 0 Å². The molecule has 1 aliphatic carbocycles. The molecule has 0 amide bonds. The number of nitrogens with one attached hydrogen (secondary N) is 1. The zero-order valence-electron chi connectivity index (χ0n) is 9.71. The Balaban J connectivity index is 2.09. The van der Waals surface area contributed by atoms with Gasteiger partial charge in [-0.3, -0.25) is 9.78 Å². The molecule has 3 rings (SSSR count). The maximum atomic E-state index is 11.7. The minimum atomic E-state index is -0.225. The van der Waals surface area contributed by atoms with Crippen LogP contribution < -0.4 is 11.3 Å². The number of rotatable bonds is 2. The molecule has 0 spiro atoms. The van der Waals surface area contributed by atoms with E-state index >= 15 is 0 Å². The number of H-pyrrole nitrogens is 1. The number of aliphatic hydroxyl groups is 1. The summed E-state index contributed by atoms with van der Waals surface area (Å²) in [4.78, 5) is 18.4. The predicted molar refractivity (Wildman–Crippen MR) is 68.1 cm³/mol. The Morgan fingerprint density at radius 1 is 1.56 bits per heavy atom. The fourth-order valence-electron chi connectivity index (χ4n) is 2.42. The number of nitrogen functional groups attached to an aromatic ring is 1. The molecule has 18 heavy (non-hydrogen) atoms. The van der Waals surface area contributed by atoms with E-state index in [9.17, 15) is 4.79 Å². The second-order valence-electron chi connectivity index (χ2n) is 4.54. The largest absolute Gasteiger partial charge is 0.396 e. The topological polar surface area (TPSA) is 96.9 Å². The molecular formula is C12H14N4O2. The zero-order chi connectivity index (χ0) is 12.7. The Morgan fingerprint density at radius 2 is 2.39 bits per heavy atom. The Bertz CT molecular complexity index is 670. The molecule has 4 N–H and O–H groups in total. The zero-order valence-corrected chi connectivity index (χ0v) is 9.71. The summed E-state index contributed by atoms with van der Waals surface area (Å²) in [5.41, 5.74) is 5.93. The maximum Gasteiger partial charge on any atom is 0.261 e. The molecule has 6 nitrogen and oxygen atoms in total. The van der Waals surface area contributed by atoms with Crippen molar-refractivity contribution in [2.24, 2.45) is 5.92 Å². The van der Waals surface area contributed by atoms with Gasteiger partial charge in [0.1, 0.15) is 5.65 Å². The molecule has 6 heteroatoms. The second kappa shape index (κ2) is 3.99. The first-order valence-corrected chi connectivity index (χ1v) is 5.84. The summed E-state index contributed by atoms with van der Waals surface area (Å²) < 4.78 is 1.92. The number of nitrogens with zero attached hydrogens (tertiary/aromatic N) is 2. The molecule has 0 saturated carbocycles. The number of hydrogen-bond donors (Lipinski definition) is 3. The number of aromatic nitrogens is 3. The molecule has 2 aromatic heterocycles. The van der Waals surface area contributed by atoms with Gasteiger partial charge in [-0.25, -0.2) is 0 Å². The smallest absolute Gasteiger partial charge is 0.261 e. The van der Waals surface area contributed by atoms with E-state index in [0.717, 1.165) is 6.42 Å². The van der Waals surface area contributed by atoms with Gasteiger partial charge in [0.2, 0.25) is 5.95 Å². The van der Waals surface area contributed by atoms with Crippen LogP contribution in [-0.2, 0) is 0 Å². The Labute approximate surface area is 103 Å². The molecular weight excluding hydrogens is 232 g/mol. The van der Waals surface area contributed by atoms with Gasteiger partial charge >= 0.3 is 0 Å². The summed E-state index contributed by atoms with van der Waals surface area (Å²) in [5.74, 6) is 0.292. The summed E-state index contributed by atoms with van der Waals surface area (Å²) in [6.07, 6.45) is 6.67. The molecule has 0 aliphatic heterocycles. The number of anilines is 1. The van der Waals surface area contributed by atoms with Crippen LogP contribution in [0.2, 0.25) is 0 Å². The molecule has 0 unspecified atom stereocenters. The van der Waals surface area contributed by atoms with Gasteiger partial charge in [0.15, 0.2) is 0 Å². The van der Waals surface area contributed by atoms with Crippen LogP contribution in [0.25, 0.3) is 11.0 Å². The van der Waals surface area contributed by atoms with Crippen LogP contribution in [0.15, 0.2) is 29.2 Å². The third-order valence-electron chi connectivity index (χ3n) is 3.34. The second-order valence-corrected chi connectivity index (χ2v) is 4.54. The summed E-state index contributed by atoms with van der Waals surface area (Å²) in [6.45, 7) is 0.141. The highest BCUT2D eigenvalue weighted by molar-refractivity contribution is 5.76. The Hall–Kier alpha value is -2.08. The monoisotopic (exact) mass is 246 g/mol. The Morgan fingerprint density at radius 3 is 3.11 bits per heavy atom. The Kier molecular flexibility index (Phi) is 2.45. The average molecular weight is 246 g/mol. The quantitative estimate of drug-likeness (QED) is 0.669. The molecule has 0 bridgehead atoms. The minimum absolute atomic E-state index is 0.119. The molecule has 2 atom stereocenters. The fraction of sp³-hybridized carbons (Fsp3) is 0.333. The van der Waals surface area contributed by atoms with Crippen molar-refractivity contribution < 1.29 is 5.11 Å². The number of hydrogen-bond acceptors (Lipinski definition) is 4. The third-order valence-corrected chi connectivity index (χ3v) is 3.34. The molecule has 2 aromatic rings. The summed E-state index contributed by atoms with van der Waals surface area (Å²) >= 11 is 0. The first kappa shape index (κ1) is 11.0. The number of aromatic amines is 1. The highest BCUT2D eigenvalue weighted by Gasteiger charge is 2.21. The first-order valence-electron chi connectivity index (χ1n) is 5.84. The van der Waals surface area contributed by atoms with Crippen LogP contribution in [0.1, 0.15) is 12.5 Å². The van der Waals surface area contributed by atoms with Gasteiger partial charge in [0.25, 0.3) is 5.56 Å². The molecule has 1 aliphatic rings. The van der Waals surface area contributed by atoms with Crippen molar-refractivity contribution >= 4 is 17.0 Å². The third kappa shape index (κ3) is 1.62. The standard InChI is InChI=1S/C12H14N4O2/c13-12-14-10-9(11(18)15-12)3-4-16(10)8-2-1-7(5-8)6-17/h1-4,7-8,17H,5-6H2,(H3,13,14,15,18)/t7-,8+/m1/s1. The molecule has 0 radical (unpaired) electrons. The van der Waals surface area contributed by atoms with Crippen LogP contribution in [-0.4, -0.2) is 26.2 Å². The number of nitrogens with two attached hydrogens (primary N) is 1. The lowest BCUT2D eigenvalue weighted by Gasteiger charge is -2.13. The van der Waals surface area contributed by atoms with Crippen LogP contribution in [0.5, 0.6) is 0 Å².